The first-order valence-electron chi connectivity index (χ1n) is 6.89. The summed E-state index contributed by atoms with van der Waals surface area (Å²) >= 11 is 0. The van der Waals surface area contributed by atoms with Gasteiger partial charge in [0.05, 0.1) is 0 Å². The van der Waals surface area contributed by atoms with E-state index in [-0.39, 0.29) is 0 Å². The van der Waals surface area contributed by atoms with Gasteiger partial charge < -0.3 is 0 Å². The van der Waals surface area contributed by atoms with Gasteiger partial charge in [-0.3, -0.25) is 5.84 Å². The molecule has 112 valence electrons. The van der Waals surface area contributed by atoms with Gasteiger partial charge in [0.1, 0.15) is 0 Å². The zero-order valence-electron chi connectivity index (χ0n) is 11.7. The SMILES string of the molecule is NN(CCc1cccc(F)c1F)NCCc1ccccc1. The number of nitrogens with two attached hydrogens (primary N) is 1. The molecule has 0 aromatic heterocycles. The van der Waals surface area contributed by atoms with Crippen molar-refractivity contribution in [1.82, 2.24) is 10.5 Å². The van der Waals surface area contributed by atoms with Gasteiger partial charge in [0.25, 0.3) is 0 Å². The molecule has 3 N–H and O–H groups in total. The number of hydrogen-bond donors (Lipinski definition) is 2. The Morgan fingerprint density at radius 1 is 0.952 bits per heavy atom. The molecule has 2 aromatic rings. The average molecular weight is 291 g/mol. The third kappa shape index (κ3) is 4.90. The third-order valence-electron chi connectivity index (χ3n) is 3.23. The van der Waals surface area contributed by atoms with Crippen LogP contribution in [0.25, 0.3) is 0 Å². The van der Waals surface area contributed by atoms with Crippen LogP contribution in [0.2, 0.25) is 0 Å². The highest BCUT2D eigenvalue weighted by Gasteiger charge is 2.08. The Balaban J connectivity index is 1.72. The largest absolute Gasteiger partial charge is 0.255 e. The van der Waals surface area contributed by atoms with Crippen molar-refractivity contribution in [3.63, 3.8) is 0 Å². The van der Waals surface area contributed by atoms with Gasteiger partial charge in [-0.25, -0.2) is 14.2 Å². The third-order valence-corrected chi connectivity index (χ3v) is 3.23. The van der Waals surface area contributed by atoms with E-state index in [1.54, 1.807) is 6.07 Å². The average Bonchev–Trinajstić information content (AvgIpc) is 2.50. The molecule has 0 atom stereocenters. The van der Waals surface area contributed by atoms with Crippen LogP contribution in [0.3, 0.4) is 0 Å². The fourth-order valence-electron chi connectivity index (χ4n) is 2.05. The molecule has 0 saturated heterocycles. The summed E-state index contributed by atoms with van der Waals surface area (Å²) in [4.78, 5) is 0. The highest BCUT2D eigenvalue weighted by Crippen LogP contribution is 2.11. The van der Waals surface area contributed by atoms with Crippen LogP contribution in [0.4, 0.5) is 8.78 Å². The minimum Gasteiger partial charge on any atom is -0.255 e. The Kier molecular flexibility index (Phi) is 5.80. The number of halogens is 2. The molecule has 3 nitrogen and oxygen atoms in total. The Bertz CT molecular complexity index is 561. The summed E-state index contributed by atoms with van der Waals surface area (Å²) in [6, 6.07) is 14.2. The summed E-state index contributed by atoms with van der Waals surface area (Å²) in [5, 5.41) is 1.41. The maximum absolute atomic E-state index is 13.5. The van der Waals surface area contributed by atoms with Crippen molar-refractivity contribution in [3.8, 4) is 0 Å². The first-order valence-corrected chi connectivity index (χ1v) is 6.89. The zero-order valence-corrected chi connectivity index (χ0v) is 11.7. The minimum absolute atomic E-state index is 0.329. The maximum Gasteiger partial charge on any atom is 0.162 e. The molecule has 2 aromatic carbocycles. The molecule has 0 bridgehead atoms. The van der Waals surface area contributed by atoms with Crippen LogP contribution < -0.4 is 11.3 Å². The number of nitrogens with zero attached hydrogens (tertiary/aromatic N) is 1. The summed E-state index contributed by atoms with van der Waals surface area (Å²) in [5.41, 5.74) is 4.58. The zero-order chi connectivity index (χ0) is 15.1. The van der Waals surface area contributed by atoms with Crippen LogP contribution in [0.15, 0.2) is 48.5 Å². The van der Waals surface area contributed by atoms with E-state index in [0.717, 1.165) is 12.5 Å². The lowest BCUT2D eigenvalue weighted by Gasteiger charge is -2.17. The van der Waals surface area contributed by atoms with Gasteiger partial charge in [-0.05, 0) is 30.0 Å². The van der Waals surface area contributed by atoms with Crippen LogP contribution in [0.5, 0.6) is 0 Å². The van der Waals surface area contributed by atoms with E-state index in [4.69, 9.17) is 5.84 Å². The summed E-state index contributed by atoms with van der Waals surface area (Å²) in [6.07, 6.45) is 1.20. The summed E-state index contributed by atoms with van der Waals surface area (Å²) in [7, 11) is 0. The molecule has 21 heavy (non-hydrogen) atoms. The van der Waals surface area contributed by atoms with Crippen molar-refractivity contribution in [3.05, 3.63) is 71.3 Å². The lowest BCUT2D eigenvalue weighted by Crippen LogP contribution is -2.45. The fraction of sp³-hybridized carbons (Fsp3) is 0.250. The van der Waals surface area contributed by atoms with Gasteiger partial charge in [0, 0.05) is 13.1 Å². The van der Waals surface area contributed by atoms with Crippen molar-refractivity contribution in [2.75, 3.05) is 13.1 Å². The molecule has 5 heteroatoms. The summed E-state index contributed by atoms with van der Waals surface area (Å²) in [5.74, 6) is 4.16. The first kappa shape index (κ1) is 15.6. The molecular weight excluding hydrogens is 272 g/mol. The first-order chi connectivity index (χ1) is 10.2. The maximum atomic E-state index is 13.5. The number of hydrogen-bond acceptors (Lipinski definition) is 3. The van der Waals surface area contributed by atoms with Gasteiger partial charge in [0.2, 0.25) is 0 Å². The molecule has 0 spiro atoms. The second-order valence-electron chi connectivity index (χ2n) is 4.80. The molecule has 0 unspecified atom stereocenters. The Hall–Kier alpha value is -1.82. The number of hydrazine groups is 2. The van der Waals surface area contributed by atoms with Crippen LogP contribution >= 0.6 is 0 Å². The van der Waals surface area contributed by atoms with Crippen LogP contribution in [0.1, 0.15) is 11.1 Å². The van der Waals surface area contributed by atoms with E-state index < -0.39 is 11.6 Å². The standard InChI is InChI=1S/C16H19F2N3/c17-15-8-4-7-14(16(15)18)10-12-21(19)20-11-9-13-5-2-1-3-6-13/h1-8,20H,9-12,19H2. The number of nitrogens with one attached hydrogen (secondary N) is 1. The lowest BCUT2D eigenvalue weighted by atomic mass is 10.1. The monoisotopic (exact) mass is 291 g/mol. The van der Waals surface area contributed by atoms with Crippen molar-refractivity contribution >= 4 is 0 Å². The van der Waals surface area contributed by atoms with Crippen molar-refractivity contribution in [1.29, 1.82) is 0 Å². The second kappa shape index (κ2) is 7.83. The summed E-state index contributed by atoms with van der Waals surface area (Å²) < 4.78 is 26.5. The predicted molar refractivity (Wildman–Crippen MR) is 79.1 cm³/mol. The van der Waals surface area contributed by atoms with E-state index in [0.29, 0.717) is 25.1 Å². The quantitative estimate of drug-likeness (QED) is 0.608. The Morgan fingerprint density at radius 3 is 2.48 bits per heavy atom. The van der Waals surface area contributed by atoms with Gasteiger partial charge in [-0.2, -0.15) is 5.12 Å². The second-order valence-corrected chi connectivity index (χ2v) is 4.80. The van der Waals surface area contributed by atoms with E-state index in [1.807, 2.05) is 30.3 Å². The van der Waals surface area contributed by atoms with E-state index in [1.165, 1.54) is 16.7 Å². The molecule has 0 saturated carbocycles. The van der Waals surface area contributed by atoms with Gasteiger partial charge >= 0.3 is 0 Å². The van der Waals surface area contributed by atoms with Crippen LogP contribution in [-0.2, 0) is 12.8 Å². The van der Waals surface area contributed by atoms with Crippen molar-refractivity contribution in [2.24, 2.45) is 5.84 Å². The predicted octanol–water partition coefficient (Wildman–Crippen LogP) is 2.43. The molecule has 0 radical (unpaired) electrons. The molecule has 0 amide bonds. The molecule has 0 aliphatic rings. The van der Waals surface area contributed by atoms with Gasteiger partial charge in [-0.15, -0.1) is 0 Å². The molecule has 0 aliphatic heterocycles. The molecular formula is C16H19F2N3. The highest BCUT2D eigenvalue weighted by molar-refractivity contribution is 5.19. The van der Waals surface area contributed by atoms with Crippen molar-refractivity contribution < 1.29 is 8.78 Å². The highest BCUT2D eigenvalue weighted by atomic mass is 19.2. The van der Waals surface area contributed by atoms with Crippen LogP contribution in [0, 0.1) is 11.6 Å². The number of benzene rings is 2. The Labute approximate surface area is 123 Å². The minimum atomic E-state index is -0.826. The topological polar surface area (TPSA) is 41.3 Å². The lowest BCUT2D eigenvalue weighted by molar-refractivity contribution is 0.195. The van der Waals surface area contributed by atoms with Gasteiger partial charge in [0.15, 0.2) is 11.6 Å². The molecule has 2 rings (SSSR count). The number of rotatable bonds is 7. The molecule has 0 aliphatic carbocycles. The van der Waals surface area contributed by atoms with E-state index in [2.05, 4.69) is 5.43 Å². The molecule has 0 heterocycles. The van der Waals surface area contributed by atoms with E-state index in [9.17, 15) is 8.78 Å². The fourth-order valence-corrected chi connectivity index (χ4v) is 2.05. The normalized spacial score (nSPS) is 11.0. The van der Waals surface area contributed by atoms with E-state index >= 15 is 0 Å². The van der Waals surface area contributed by atoms with Crippen LogP contribution in [-0.4, -0.2) is 18.2 Å². The van der Waals surface area contributed by atoms with Gasteiger partial charge in [-0.1, -0.05) is 42.5 Å². The molecule has 0 fully saturated rings. The van der Waals surface area contributed by atoms with Crippen molar-refractivity contribution in [2.45, 2.75) is 12.8 Å². The summed E-state index contributed by atoms with van der Waals surface area (Å²) in [6.45, 7) is 1.08. The Morgan fingerprint density at radius 2 is 1.71 bits per heavy atom. The smallest absolute Gasteiger partial charge is 0.162 e.